The van der Waals surface area contributed by atoms with E-state index in [1.165, 1.54) is 12.0 Å². The molecule has 2 heterocycles. The van der Waals surface area contributed by atoms with Crippen LogP contribution >= 0.6 is 0 Å². The van der Waals surface area contributed by atoms with Gasteiger partial charge in [0.2, 0.25) is 11.8 Å². The Hall–Kier alpha value is -1.92. The first kappa shape index (κ1) is 19.4. The van der Waals surface area contributed by atoms with Crippen LogP contribution in [0, 0.1) is 11.8 Å². The Morgan fingerprint density at radius 2 is 1.93 bits per heavy atom. The molecule has 2 amide bonds. The summed E-state index contributed by atoms with van der Waals surface area (Å²) in [4.78, 5) is 26.9. The zero-order valence-electron chi connectivity index (χ0n) is 16.7. The SMILES string of the molecule is COC[C@@H]1CCCN1C(=O)Cc1ccc(C2NNC(=O)C3CCCCC32)cc1. The average Bonchev–Trinajstić information content (AvgIpc) is 3.18. The van der Waals surface area contributed by atoms with Crippen molar-refractivity contribution in [1.82, 2.24) is 15.8 Å². The predicted octanol–water partition coefficient (Wildman–Crippen LogP) is 2.35. The fourth-order valence-electron chi connectivity index (χ4n) is 5.21. The predicted molar refractivity (Wildman–Crippen MR) is 106 cm³/mol. The Morgan fingerprint density at radius 1 is 1.14 bits per heavy atom. The van der Waals surface area contributed by atoms with Crippen LogP contribution in [0.3, 0.4) is 0 Å². The normalized spacial score (nSPS) is 30.0. The summed E-state index contributed by atoms with van der Waals surface area (Å²) in [5.74, 6) is 0.797. The van der Waals surface area contributed by atoms with Gasteiger partial charge in [-0.2, -0.15) is 0 Å². The molecule has 152 valence electrons. The van der Waals surface area contributed by atoms with Crippen molar-refractivity contribution < 1.29 is 14.3 Å². The number of rotatable bonds is 5. The van der Waals surface area contributed by atoms with Gasteiger partial charge in [0.1, 0.15) is 0 Å². The molecule has 28 heavy (non-hydrogen) atoms. The molecule has 6 nitrogen and oxygen atoms in total. The lowest BCUT2D eigenvalue weighted by atomic mass is 9.72. The maximum absolute atomic E-state index is 12.7. The molecule has 3 fully saturated rings. The van der Waals surface area contributed by atoms with Gasteiger partial charge in [-0.3, -0.25) is 15.0 Å². The van der Waals surface area contributed by atoms with E-state index in [-0.39, 0.29) is 29.8 Å². The molecule has 1 aliphatic carbocycles. The van der Waals surface area contributed by atoms with Gasteiger partial charge in [0.05, 0.1) is 25.1 Å². The van der Waals surface area contributed by atoms with Crippen molar-refractivity contribution in [2.45, 2.75) is 57.0 Å². The molecule has 4 atom stereocenters. The van der Waals surface area contributed by atoms with E-state index in [4.69, 9.17) is 4.74 Å². The number of ether oxygens (including phenoxy) is 1. The lowest BCUT2D eigenvalue weighted by Crippen LogP contribution is -2.55. The maximum Gasteiger partial charge on any atom is 0.237 e. The number of methoxy groups -OCH3 is 1. The third-order valence-corrected chi connectivity index (χ3v) is 6.69. The van der Waals surface area contributed by atoms with Crippen LogP contribution in [0.4, 0.5) is 0 Å². The second-order valence-corrected chi connectivity index (χ2v) is 8.42. The minimum absolute atomic E-state index is 0.120. The van der Waals surface area contributed by atoms with Crippen molar-refractivity contribution in [2.24, 2.45) is 11.8 Å². The first-order valence-corrected chi connectivity index (χ1v) is 10.6. The van der Waals surface area contributed by atoms with Crippen LogP contribution < -0.4 is 10.9 Å². The van der Waals surface area contributed by atoms with Crippen LogP contribution in [0.25, 0.3) is 0 Å². The van der Waals surface area contributed by atoms with Crippen LogP contribution in [0.2, 0.25) is 0 Å². The molecule has 0 radical (unpaired) electrons. The number of amides is 2. The van der Waals surface area contributed by atoms with Gasteiger partial charge in [0.15, 0.2) is 0 Å². The molecule has 0 bridgehead atoms. The Labute approximate surface area is 167 Å². The Kier molecular flexibility index (Phi) is 5.97. The van der Waals surface area contributed by atoms with Crippen LogP contribution in [0.1, 0.15) is 55.7 Å². The summed E-state index contributed by atoms with van der Waals surface area (Å²) in [6.07, 6.45) is 6.92. The number of likely N-dealkylation sites (tertiary alicyclic amines) is 1. The van der Waals surface area contributed by atoms with E-state index in [0.717, 1.165) is 44.2 Å². The number of nitrogens with zero attached hydrogens (tertiary/aromatic N) is 1. The number of benzene rings is 1. The van der Waals surface area contributed by atoms with Gasteiger partial charge in [-0.15, -0.1) is 0 Å². The zero-order valence-corrected chi connectivity index (χ0v) is 16.7. The van der Waals surface area contributed by atoms with Gasteiger partial charge in [-0.05, 0) is 42.7 Å². The van der Waals surface area contributed by atoms with E-state index in [1.54, 1.807) is 7.11 Å². The highest BCUT2D eigenvalue weighted by atomic mass is 16.5. The van der Waals surface area contributed by atoms with Crippen LogP contribution in [0.5, 0.6) is 0 Å². The fraction of sp³-hybridized carbons (Fsp3) is 0.636. The molecule has 2 saturated heterocycles. The molecular weight excluding hydrogens is 354 g/mol. The summed E-state index contributed by atoms with van der Waals surface area (Å²) in [5.41, 5.74) is 8.31. The van der Waals surface area contributed by atoms with Gasteiger partial charge in [-0.1, -0.05) is 37.1 Å². The van der Waals surface area contributed by atoms with E-state index in [1.807, 2.05) is 4.90 Å². The van der Waals surface area contributed by atoms with Crippen molar-refractivity contribution in [3.63, 3.8) is 0 Å². The topological polar surface area (TPSA) is 70.7 Å². The second kappa shape index (κ2) is 8.62. The number of hydrogen-bond donors (Lipinski definition) is 2. The fourth-order valence-corrected chi connectivity index (χ4v) is 5.21. The number of hydrogen-bond acceptors (Lipinski definition) is 4. The highest BCUT2D eigenvalue weighted by Gasteiger charge is 2.40. The van der Waals surface area contributed by atoms with Gasteiger partial charge in [0, 0.05) is 19.6 Å². The van der Waals surface area contributed by atoms with Gasteiger partial charge in [0.25, 0.3) is 0 Å². The third-order valence-electron chi connectivity index (χ3n) is 6.69. The summed E-state index contributed by atoms with van der Waals surface area (Å²) in [6.45, 7) is 1.45. The van der Waals surface area contributed by atoms with Crippen molar-refractivity contribution in [1.29, 1.82) is 0 Å². The molecule has 2 aliphatic heterocycles. The summed E-state index contributed by atoms with van der Waals surface area (Å²) in [5, 5.41) is 0. The molecular formula is C22H31N3O3. The number of nitrogens with one attached hydrogen (secondary N) is 2. The molecule has 1 saturated carbocycles. The summed E-state index contributed by atoms with van der Waals surface area (Å²) in [6, 6.07) is 8.71. The maximum atomic E-state index is 12.7. The molecule has 4 rings (SSSR count). The molecule has 3 unspecified atom stereocenters. The first-order chi connectivity index (χ1) is 13.7. The lowest BCUT2D eigenvalue weighted by molar-refractivity contribution is -0.133. The third kappa shape index (κ3) is 3.94. The van der Waals surface area contributed by atoms with Crippen LogP contribution in [-0.2, 0) is 20.7 Å². The quantitative estimate of drug-likeness (QED) is 0.816. The second-order valence-electron chi connectivity index (χ2n) is 8.42. The summed E-state index contributed by atoms with van der Waals surface area (Å²) >= 11 is 0. The molecule has 1 aromatic rings. The van der Waals surface area contributed by atoms with Gasteiger partial charge in [-0.25, -0.2) is 5.43 Å². The summed E-state index contributed by atoms with van der Waals surface area (Å²) in [7, 11) is 1.69. The van der Waals surface area contributed by atoms with Crippen molar-refractivity contribution in [3.8, 4) is 0 Å². The Bertz CT molecular complexity index is 705. The largest absolute Gasteiger partial charge is 0.383 e. The molecule has 0 aromatic heterocycles. The standard InChI is InChI=1S/C22H31N3O3/c1-28-14-17-5-4-12-25(17)20(26)13-15-8-10-16(11-9-15)21-18-6-2-3-7-19(18)22(27)24-23-21/h8-11,17-19,21,23H,2-7,12-14H2,1H3,(H,24,27)/t17-,18?,19?,21?/m0/s1. The van der Waals surface area contributed by atoms with Crippen LogP contribution in [-0.4, -0.2) is 43.0 Å². The van der Waals surface area contributed by atoms with E-state index >= 15 is 0 Å². The van der Waals surface area contributed by atoms with Crippen molar-refractivity contribution in [2.75, 3.05) is 20.3 Å². The van der Waals surface area contributed by atoms with Crippen molar-refractivity contribution in [3.05, 3.63) is 35.4 Å². The van der Waals surface area contributed by atoms with Crippen molar-refractivity contribution >= 4 is 11.8 Å². The lowest BCUT2D eigenvalue weighted by Gasteiger charge is -2.41. The molecule has 2 N–H and O–H groups in total. The van der Waals surface area contributed by atoms with E-state index in [0.29, 0.717) is 18.9 Å². The number of fused-ring (bicyclic) bond motifs is 1. The van der Waals surface area contributed by atoms with E-state index in [9.17, 15) is 9.59 Å². The highest BCUT2D eigenvalue weighted by Crippen LogP contribution is 2.40. The number of carbonyl (C=O) groups excluding carboxylic acids is 2. The smallest absolute Gasteiger partial charge is 0.237 e. The number of carbonyl (C=O) groups is 2. The van der Waals surface area contributed by atoms with Gasteiger partial charge < -0.3 is 9.64 Å². The zero-order chi connectivity index (χ0) is 19.5. The molecule has 6 heteroatoms. The minimum Gasteiger partial charge on any atom is -0.383 e. The van der Waals surface area contributed by atoms with Crippen LogP contribution in [0.15, 0.2) is 24.3 Å². The van der Waals surface area contributed by atoms with E-state index < -0.39 is 0 Å². The highest BCUT2D eigenvalue weighted by molar-refractivity contribution is 5.80. The summed E-state index contributed by atoms with van der Waals surface area (Å²) < 4.78 is 5.26. The van der Waals surface area contributed by atoms with E-state index in [2.05, 4.69) is 35.1 Å². The minimum atomic E-state index is 0.120. The molecule has 1 aromatic carbocycles. The molecule has 3 aliphatic rings. The Balaban J connectivity index is 1.41. The first-order valence-electron chi connectivity index (χ1n) is 10.6. The number of hydrazine groups is 1. The monoisotopic (exact) mass is 385 g/mol. The van der Waals surface area contributed by atoms with Gasteiger partial charge >= 0.3 is 0 Å². The average molecular weight is 386 g/mol. The Morgan fingerprint density at radius 3 is 2.71 bits per heavy atom. The molecule has 0 spiro atoms.